The molecule has 4 nitrogen and oxygen atoms in total. The molecule has 0 saturated carbocycles. The Morgan fingerprint density at radius 3 is 2.67 bits per heavy atom. The summed E-state index contributed by atoms with van der Waals surface area (Å²) in [5, 5.41) is 9.32. The summed E-state index contributed by atoms with van der Waals surface area (Å²) >= 11 is 0. The Labute approximate surface area is 87.3 Å². The number of amides is 1. The van der Waals surface area contributed by atoms with Gasteiger partial charge in [0.05, 0.1) is 5.69 Å². The highest BCUT2D eigenvalue weighted by molar-refractivity contribution is 6.02. The van der Waals surface area contributed by atoms with Crippen LogP contribution in [0, 0.1) is 6.92 Å². The predicted octanol–water partition coefficient (Wildman–Crippen LogP) is 1.97. The highest BCUT2D eigenvalue weighted by atomic mass is 16.1. The van der Waals surface area contributed by atoms with Crippen molar-refractivity contribution in [3.05, 3.63) is 47.8 Å². The number of nitrogens with zero attached hydrogens (tertiary/aromatic N) is 1. The van der Waals surface area contributed by atoms with Crippen LogP contribution in [0.1, 0.15) is 16.2 Å². The van der Waals surface area contributed by atoms with Gasteiger partial charge in [-0.15, -0.1) is 0 Å². The highest BCUT2D eigenvalue weighted by Crippen LogP contribution is 2.07. The number of aromatic amines is 1. The van der Waals surface area contributed by atoms with Gasteiger partial charge >= 0.3 is 0 Å². The van der Waals surface area contributed by atoms with E-state index in [0.717, 1.165) is 11.4 Å². The number of nitrogens with one attached hydrogen (secondary N) is 2. The monoisotopic (exact) mass is 201 g/mol. The molecule has 76 valence electrons. The second-order valence-corrected chi connectivity index (χ2v) is 3.24. The number of hydrogen-bond donors (Lipinski definition) is 2. The molecule has 1 aromatic carbocycles. The summed E-state index contributed by atoms with van der Waals surface area (Å²) < 4.78 is 0. The molecule has 0 aliphatic rings. The van der Waals surface area contributed by atoms with Gasteiger partial charge in [0.2, 0.25) is 0 Å². The lowest BCUT2D eigenvalue weighted by atomic mass is 10.3. The molecule has 2 rings (SSSR count). The van der Waals surface area contributed by atoms with E-state index in [1.54, 1.807) is 6.07 Å². The fourth-order valence-electron chi connectivity index (χ4n) is 1.26. The van der Waals surface area contributed by atoms with Crippen molar-refractivity contribution < 1.29 is 4.79 Å². The molecular formula is C11H11N3O. The third-order valence-electron chi connectivity index (χ3n) is 1.98. The normalized spacial score (nSPS) is 9.93. The van der Waals surface area contributed by atoms with E-state index in [-0.39, 0.29) is 5.91 Å². The number of aromatic nitrogens is 2. The zero-order valence-corrected chi connectivity index (χ0v) is 8.32. The number of rotatable bonds is 2. The number of H-pyrrole nitrogens is 1. The minimum absolute atomic E-state index is 0.179. The molecule has 0 unspecified atom stereocenters. The third kappa shape index (κ3) is 2.22. The molecule has 2 aromatic rings. The van der Waals surface area contributed by atoms with Crippen LogP contribution < -0.4 is 5.32 Å². The SMILES string of the molecule is Cc1cc(C(=O)Nc2ccccc2)[nH]n1. The van der Waals surface area contributed by atoms with Crippen molar-refractivity contribution in [3.8, 4) is 0 Å². The molecule has 4 heteroatoms. The number of aryl methyl sites for hydroxylation is 1. The first-order valence-corrected chi connectivity index (χ1v) is 4.64. The van der Waals surface area contributed by atoms with Crippen molar-refractivity contribution in [3.63, 3.8) is 0 Å². The Morgan fingerprint density at radius 2 is 2.07 bits per heavy atom. The summed E-state index contributed by atoms with van der Waals surface area (Å²) in [6.45, 7) is 1.83. The van der Waals surface area contributed by atoms with Gasteiger partial charge < -0.3 is 5.32 Å². The lowest BCUT2D eigenvalue weighted by Crippen LogP contribution is -2.12. The van der Waals surface area contributed by atoms with Crippen molar-refractivity contribution >= 4 is 11.6 Å². The lowest BCUT2D eigenvalue weighted by molar-refractivity contribution is 0.102. The highest BCUT2D eigenvalue weighted by Gasteiger charge is 2.07. The quantitative estimate of drug-likeness (QED) is 0.780. The Hall–Kier alpha value is -2.10. The van der Waals surface area contributed by atoms with E-state index in [4.69, 9.17) is 0 Å². The summed E-state index contributed by atoms with van der Waals surface area (Å²) in [4.78, 5) is 11.6. The van der Waals surface area contributed by atoms with Crippen molar-refractivity contribution in [2.75, 3.05) is 5.32 Å². The standard InChI is InChI=1S/C11H11N3O/c1-8-7-10(14-13-8)11(15)12-9-5-3-2-4-6-9/h2-7H,1H3,(H,12,15)(H,13,14). The molecule has 0 saturated heterocycles. The third-order valence-corrected chi connectivity index (χ3v) is 1.98. The van der Waals surface area contributed by atoms with E-state index in [0.29, 0.717) is 5.69 Å². The molecule has 0 aliphatic carbocycles. The van der Waals surface area contributed by atoms with Gasteiger partial charge in [-0.25, -0.2) is 0 Å². The Morgan fingerprint density at radius 1 is 1.33 bits per heavy atom. The Bertz CT molecular complexity index is 462. The number of para-hydroxylation sites is 1. The van der Waals surface area contributed by atoms with Crippen molar-refractivity contribution in [1.29, 1.82) is 0 Å². The van der Waals surface area contributed by atoms with Gasteiger partial charge in [0, 0.05) is 5.69 Å². The smallest absolute Gasteiger partial charge is 0.273 e. The van der Waals surface area contributed by atoms with Gasteiger partial charge in [0.15, 0.2) is 0 Å². The van der Waals surface area contributed by atoms with Crippen LogP contribution in [-0.4, -0.2) is 16.1 Å². The van der Waals surface area contributed by atoms with Crippen LogP contribution in [0.5, 0.6) is 0 Å². The summed E-state index contributed by atoms with van der Waals surface area (Å²) in [5.41, 5.74) is 2.04. The average Bonchev–Trinajstić information content (AvgIpc) is 2.66. The van der Waals surface area contributed by atoms with Crippen molar-refractivity contribution in [2.24, 2.45) is 0 Å². The van der Waals surface area contributed by atoms with E-state index in [9.17, 15) is 4.79 Å². The maximum atomic E-state index is 11.6. The molecule has 0 bridgehead atoms. The fourth-order valence-corrected chi connectivity index (χ4v) is 1.26. The van der Waals surface area contributed by atoms with Gasteiger partial charge in [-0.2, -0.15) is 5.10 Å². The maximum absolute atomic E-state index is 11.6. The van der Waals surface area contributed by atoms with Crippen LogP contribution in [0.15, 0.2) is 36.4 Å². The van der Waals surface area contributed by atoms with E-state index in [1.165, 1.54) is 0 Å². The van der Waals surface area contributed by atoms with Gasteiger partial charge in [0.1, 0.15) is 5.69 Å². The number of anilines is 1. The largest absolute Gasteiger partial charge is 0.321 e. The first kappa shape index (κ1) is 9.45. The van der Waals surface area contributed by atoms with Crippen LogP contribution >= 0.6 is 0 Å². The molecule has 1 heterocycles. The predicted molar refractivity (Wildman–Crippen MR) is 57.7 cm³/mol. The second-order valence-electron chi connectivity index (χ2n) is 3.24. The van der Waals surface area contributed by atoms with Crippen molar-refractivity contribution in [2.45, 2.75) is 6.92 Å². The van der Waals surface area contributed by atoms with Crippen LogP contribution in [0.3, 0.4) is 0 Å². The molecule has 1 amide bonds. The van der Waals surface area contributed by atoms with Crippen LogP contribution in [0.25, 0.3) is 0 Å². The molecule has 0 atom stereocenters. The number of carbonyl (C=O) groups is 1. The molecule has 0 fully saturated rings. The lowest BCUT2D eigenvalue weighted by Gasteiger charge is -2.01. The van der Waals surface area contributed by atoms with Gasteiger partial charge in [-0.3, -0.25) is 9.89 Å². The topological polar surface area (TPSA) is 57.8 Å². The summed E-state index contributed by atoms with van der Waals surface area (Å²) in [5.74, 6) is -0.179. The van der Waals surface area contributed by atoms with E-state index in [2.05, 4.69) is 15.5 Å². The summed E-state index contributed by atoms with van der Waals surface area (Å²) in [6, 6.07) is 11.0. The van der Waals surface area contributed by atoms with E-state index in [1.807, 2.05) is 37.3 Å². The molecule has 0 radical (unpaired) electrons. The summed E-state index contributed by atoms with van der Waals surface area (Å²) in [6.07, 6.45) is 0. The van der Waals surface area contributed by atoms with Gasteiger partial charge in [0.25, 0.3) is 5.91 Å². The fraction of sp³-hybridized carbons (Fsp3) is 0.0909. The van der Waals surface area contributed by atoms with Gasteiger partial charge in [-0.1, -0.05) is 18.2 Å². The number of hydrogen-bond acceptors (Lipinski definition) is 2. The first-order chi connectivity index (χ1) is 7.25. The van der Waals surface area contributed by atoms with E-state index >= 15 is 0 Å². The zero-order chi connectivity index (χ0) is 10.7. The molecule has 0 spiro atoms. The van der Waals surface area contributed by atoms with E-state index < -0.39 is 0 Å². The van der Waals surface area contributed by atoms with Crippen LogP contribution in [-0.2, 0) is 0 Å². The Kier molecular flexibility index (Phi) is 2.49. The van der Waals surface area contributed by atoms with Crippen LogP contribution in [0.4, 0.5) is 5.69 Å². The second kappa shape index (κ2) is 3.96. The van der Waals surface area contributed by atoms with Crippen molar-refractivity contribution in [1.82, 2.24) is 10.2 Å². The molecule has 2 N–H and O–H groups in total. The minimum Gasteiger partial charge on any atom is -0.321 e. The number of benzene rings is 1. The molecule has 15 heavy (non-hydrogen) atoms. The molecule has 0 aliphatic heterocycles. The number of carbonyl (C=O) groups excluding carboxylic acids is 1. The van der Waals surface area contributed by atoms with Crippen LogP contribution in [0.2, 0.25) is 0 Å². The zero-order valence-electron chi connectivity index (χ0n) is 8.32. The summed E-state index contributed by atoms with van der Waals surface area (Å²) in [7, 11) is 0. The Balaban J connectivity index is 2.11. The molecule has 1 aromatic heterocycles. The minimum atomic E-state index is -0.179. The first-order valence-electron chi connectivity index (χ1n) is 4.64. The van der Waals surface area contributed by atoms with Gasteiger partial charge in [-0.05, 0) is 25.1 Å². The maximum Gasteiger partial charge on any atom is 0.273 e. The molecular weight excluding hydrogens is 190 g/mol. The average molecular weight is 201 g/mol.